The van der Waals surface area contributed by atoms with Gasteiger partial charge in [-0.2, -0.15) is 0 Å². The van der Waals surface area contributed by atoms with Crippen molar-refractivity contribution in [2.75, 3.05) is 19.3 Å². The monoisotopic (exact) mass is 251 g/mol. The van der Waals surface area contributed by atoms with Crippen molar-refractivity contribution in [2.24, 2.45) is 0 Å². The van der Waals surface area contributed by atoms with Crippen LogP contribution in [0.3, 0.4) is 0 Å². The van der Waals surface area contributed by atoms with Crippen LogP contribution in [0.2, 0.25) is 0 Å². The van der Waals surface area contributed by atoms with Crippen molar-refractivity contribution in [1.82, 2.24) is 0 Å². The van der Waals surface area contributed by atoms with Gasteiger partial charge in [0.05, 0.1) is 29.2 Å². The molecule has 0 atom stereocenters. The molecular formula is C11H25NO3S. The van der Waals surface area contributed by atoms with Gasteiger partial charge in [0.15, 0.2) is 0 Å². The van der Waals surface area contributed by atoms with E-state index < -0.39 is 10.1 Å². The van der Waals surface area contributed by atoms with Crippen LogP contribution in [0.4, 0.5) is 0 Å². The first kappa shape index (κ1) is 15.9. The predicted molar refractivity (Wildman–Crippen MR) is 64.5 cm³/mol. The summed E-state index contributed by atoms with van der Waals surface area (Å²) in [4.78, 5) is 1.82. The molecule has 1 N–H and O–H groups in total. The average Bonchev–Trinajstić information content (AvgIpc) is 2.19. The van der Waals surface area contributed by atoms with E-state index in [2.05, 4.69) is 13.8 Å². The van der Waals surface area contributed by atoms with E-state index in [1.54, 1.807) is 0 Å². The zero-order valence-electron chi connectivity index (χ0n) is 10.7. The largest absolute Gasteiger partial charge is 0.748 e. The zero-order chi connectivity index (χ0) is 12.6. The molecule has 0 aliphatic heterocycles. The standard InChI is InChI=1S/C10H21N.CH4O3S/c1-3-11(4-2)10-8-6-5-7-9-10;1-5(2,3)4/h10H,3-9H2,1-2H3;1H3,(H,2,3,4). The zero-order valence-corrected chi connectivity index (χ0v) is 11.5. The van der Waals surface area contributed by atoms with Crippen molar-refractivity contribution >= 4 is 10.1 Å². The number of quaternary nitrogens is 1. The summed E-state index contributed by atoms with van der Waals surface area (Å²) in [7, 11) is -3.92. The highest BCUT2D eigenvalue weighted by molar-refractivity contribution is 7.84. The summed E-state index contributed by atoms with van der Waals surface area (Å²) < 4.78 is 27.2. The summed E-state index contributed by atoms with van der Waals surface area (Å²) >= 11 is 0. The molecule has 1 aliphatic carbocycles. The molecule has 5 heteroatoms. The minimum Gasteiger partial charge on any atom is -0.748 e. The summed E-state index contributed by atoms with van der Waals surface area (Å²) in [6, 6.07) is 0.999. The van der Waals surface area contributed by atoms with E-state index in [-0.39, 0.29) is 0 Å². The molecule has 0 unspecified atom stereocenters. The smallest absolute Gasteiger partial charge is 0.0916 e. The van der Waals surface area contributed by atoms with Gasteiger partial charge in [0.1, 0.15) is 0 Å². The Balaban J connectivity index is 0.000000385. The van der Waals surface area contributed by atoms with Gasteiger partial charge < -0.3 is 9.45 Å². The van der Waals surface area contributed by atoms with Crippen molar-refractivity contribution in [3.8, 4) is 0 Å². The number of nitrogens with one attached hydrogen (secondary N) is 1. The van der Waals surface area contributed by atoms with Crippen LogP contribution < -0.4 is 4.90 Å². The Bertz CT molecular complexity index is 246. The first-order valence-electron chi connectivity index (χ1n) is 6.13. The second kappa shape index (κ2) is 8.03. The van der Waals surface area contributed by atoms with Crippen LogP contribution in [0.15, 0.2) is 0 Å². The molecule has 0 aromatic rings. The second-order valence-corrected chi connectivity index (χ2v) is 5.81. The van der Waals surface area contributed by atoms with Crippen LogP contribution >= 0.6 is 0 Å². The molecule has 0 saturated heterocycles. The maximum Gasteiger partial charge on any atom is 0.0916 e. The molecule has 16 heavy (non-hydrogen) atoms. The highest BCUT2D eigenvalue weighted by Crippen LogP contribution is 2.15. The minimum absolute atomic E-state index is 0.604. The lowest BCUT2D eigenvalue weighted by Gasteiger charge is -2.29. The van der Waals surface area contributed by atoms with E-state index in [1.165, 1.54) is 45.2 Å². The number of rotatable bonds is 3. The Labute approximate surface area is 99.8 Å². The van der Waals surface area contributed by atoms with Crippen molar-refractivity contribution in [3.63, 3.8) is 0 Å². The summed E-state index contributed by atoms with van der Waals surface area (Å²) in [6.07, 6.45) is 8.01. The highest BCUT2D eigenvalue weighted by atomic mass is 32.2. The van der Waals surface area contributed by atoms with Gasteiger partial charge >= 0.3 is 0 Å². The Morgan fingerprint density at radius 3 is 1.81 bits per heavy atom. The van der Waals surface area contributed by atoms with Crippen LogP contribution in [0.25, 0.3) is 0 Å². The lowest BCUT2D eigenvalue weighted by Crippen LogP contribution is -3.15. The maximum absolute atomic E-state index is 9.08. The van der Waals surface area contributed by atoms with E-state index in [1.807, 2.05) is 4.90 Å². The van der Waals surface area contributed by atoms with Crippen molar-refractivity contribution in [2.45, 2.75) is 52.0 Å². The molecule has 1 rings (SSSR count). The predicted octanol–water partition coefficient (Wildman–Crippen LogP) is 0.405. The summed E-state index contributed by atoms with van der Waals surface area (Å²) in [5.74, 6) is 0. The molecule has 1 fully saturated rings. The molecule has 0 amide bonds. The first-order valence-corrected chi connectivity index (χ1v) is 7.95. The van der Waals surface area contributed by atoms with E-state index in [4.69, 9.17) is 13.0 Å². The Morgan fingerprint density at radius 1 is 1.12 bits per heavy atom. The molecule has 0 aromatic heterocycles. The summed E-state index contributed by atoms with van der Waals surface area (Å²) in [5.41, 5.74) is 0. The van der Waals surface area contributed by atoms with Gasteiger partial charge in [0, 0.05) is 6.26 Å². The first-order chi connectivity index (χ1) is 7.38. The van der Waals surface area contributed by atoms with Crippen molar-refractivity contribution < 1.29 is 17.9 Å². The Hall–Kier alpha value is -0.130. The summed E-state index contributed by atoms with van der Waals surface area (Å²) in [5, 5.41) is 0. The third-order valence-corrected chi connectivity index (χ3v) is 3.09. The molecule has 0 bridgehead atoms. The maximum atomic E-state index is 9.08. The van der Waals surface area contributed by atoms with Gasteiger partial charge in [-0.1, -0.05) is 6.42 Å². The van der Waals surface area contributed by atoms with Gasteiger partial charge in [-0.05, 0) is 39.5 Å². The molecular weight excluding hydrogens is 226 g/mol. The van der Waals surface area contributed by atoms with Gasteiger partial charge in [-0.15, -0.1) is 0 Å². The van der Waals surface area contributed by atoms with E-state index in [0.717, 1.165) is 6.04 Å². The third-order valence-electron chi connectivity index (χ3n) is 3.09. The van der Waals surface area contributed by atoms with Gasteiger partial charge in [0.25, 0.3) is 0 Å². The van der Waals surface area contributed by atoms with Crippen LogP contribution in [0.1, 0.15) is 46.0 Å². The van der Waals surface area contributed by atoms with Crippen LogP contribution in [0, 0.1) is 0 Å². The van der Waals surface area contributed by atoms with E-state index in [9.17, 15) is 0 Å². The topological polar surface area (TPSA) is 61.6 Å². The lowest BCUT2D eigenvalue weighted by atomic mass is 9.94. The third kappa shape index (κ3) is 9.12. The molecule has 0 heterocycles. The fourth-order valence-corrected chi connectivity index (χ4v) is 2.34. The minimum atomic E-state index is -3.92. The van der Waals surface area contributed by atoms with Gasteiger partial charge in [-0.25, -0.2) is 8.42 Å². The molecule has 0 spiro atoms. The van der Waals surface area contributed by atoms with Crippen molar-refractivity contribution in [3.05, 3.63) is 0 Å². The fourth-order valence-electron chi connectivity index (χ4n) is 2.34. The summed E-state index contributed by atoms with van der Waals surface area (Å²) in [6.45, 7) is 7.27. The number of hydrogen-bond donors (Lipinski definition) is 1. The normalized spacial score (nSPS) is 18.1. The van der Waals surface area contributed by atoms with E-state index in [0.29, 0.717) is 6.26 Å². The average molecular weight is 251 g/mol. The fraction of sp³-hybridized carbons (Fsp3) is 1.00. The highest BCUT2D eigenvalue weighted by Gasteiger charge is 2.21. The SMILES string of the molecule is CC[NH+](CC)C1CCCCC1.CS(=O)(=O)[O-]. The number of hydrogen-bond acceptors (Lipinski definition) is 3. The second-order valence-electron chi connectivity index (χ2n) is 4.40. The Kier molecular flexibility index (Phi) is 7.97. The molecule has 0 radical (unpaired) electrons. The lowest BCUT2D eigenvalue weighted by molar-refractivity contribution is -0.923. The van der Waals surface area contributed by atoms with Crippen LogP contribution in [-0.4, -0.2) is 38.4 Å². The quantitative estimate of drug-likeness (QED) is 0.739. The molecule has 0 aromatic carbocycles. The van der Waals surface area contributed by atoms with E-state index >= 15 is 0 Å². The van der Waals surface area contributed by atoms with Crippen LogP contribution in [0.5, 0.6) is 0 Å². The van der Waals surface area contributed by atoms with Gasteiger partial charge in [0.2, 0.25) is 0 Å². The van der Waals surface area contributed by atoms with Crippen molar-refractivity contribution in [1.29, 1.82) is 0 Å². The molecule has 1 saturated carbocycles. The molecule has 4 nitrogen and oxygen atoms in total. The van der Waals surface area contributed by atoms with Gasteiger partial charge in [-0.3, -0.25) is 0 Å². The Morgan fingerprint density at radius 2 is 1.50 bits per heavy atom. The van der Waals surface area contributed by atoms with Crippen LogP contribution in [-0.2, 0) is 10.1 Å². The molecule has 1 aliphatic rings. The molecule has 98 valence electrons.